The smallest absolute Gasteiger partial charge is 0.203 e. The van der Waals surface area contributed by atoms with E-state index in [2.05, 4.69) is 15.6 Å². The lowest BCUT2D eigenvalue weighted by atomic mass is 10.2. The lowest BCUT2D eigenvalue weighted by Crippen LogP contribution is -2.37. The summed E-state index contributed by atoms with van der Waals surface area (Å²) < 4.78 is 27.4. The molecule has 2 N–H and O–H groups in total. The van der Waals surface area contributed by atoms with Crippen LogP contribution in [0.5, 0.6) is 28.7 Å². The van der Waals surface area contributed by atoms with Gasteiger partial charge in [0, 0.05) is 24.9 Å². The van der Waals surface area contributed by atoms with Crippen LogP contribution in [0.4, 0.5) is 5.69 Å². The van der Waals surface area contributed by atoms with E-state index < -0.39 is 0 Å². The number of hydrogen-bond donors (Lipinski definition) is 2. The molecule has 0 fully saturated rings. The van der Waals surface area contributed by atoms with Crippen LogP contribution in [0.15, 0.2) is 41.4 Å². The van der Waals surface area contributed by atoms with Gasteiger partial charge in [-0.15, -0.1) is 0 Å². The van der Waals surface area contributed by atoms with Gasteiger partial charge in [-0.1, -0.05) is 12.1 Å². The van der Waals surface area contributed by atoms with Gasteiger partial charge in [0.1, 0.15) is 6.10 Å². The number of nitrogens with one attached hydrogen (secondary N) is 2. The Morgan fingerprint density at radius 3 is 2.00 bits per heavy atom. The van der Waals surface area contributed by atoms with E-state index in [-0.39, 0.29) is 6.10 Å². The number of anilines is 1. The molecule has 0 aliphatic carbocycles. The largest absolute Gasteiger partial charge is 0.493 e. The quantitative estimate of drug-likeness (QED) is 0.491. The zero-order chi connectivity index (χ0) is 21.2. The number of para-hydroxylation sites is 2. The van der Waals surface area contributed by atoms with E-state index in [1.165, 1.54) is 0 Å². The fourth-order valence-electron chi connectivity index (χ4n) is 2.68. The second-order valence-electron chi connectivity index (χ2n) is 6.07. The van der Waals surface area contributed by atoms with Crippen molar-refractivity contribution in [2.24, 2.45) is 4.99 Å². The molecule has 0 bridgehead atoms. The molecule has 8 heteroatoms. The first-order valence-corrected chi connectivity index (χ1v) is 9.13. The number of guanidine groups is 1. The van der Waals surface area contributed by atoms with Crippen molar-refractivity contribution in [2.45, 2.75) is 13.0 Å². The maximum atomic E-state index is 5.96. The molecule has 0 saturated heterocycles. The summed E-state index contributed by atoms with van der Waals surface area (Å²) in [7, 11) is 8.03. The molecule has 1 unspecified atom stereocenters. The number of methoxy groups -OCH3 is 4. The van der Waals surface area contributed by atoms with Crippen molar-refractivity contribution in [1.82, 2.24) is 5.32 Å². The van der Waals surface area contributed by atoms with Crippen LogP contribution < -0.4 is 34.3 Å². The molecule has 2 aromatic carbocycles. The fourth-order valence-corrected chi connectivity index (χ4v) is 2.68. The van der Waals surface area contributed by atoms with Crippen molar-refractivity contribution in [3.05, 3.63) is 36.4 Å². The molecule has 0 spiro atoms. The molecule has 0 aliphatic rings. The molecule has 0 heterocycles. The summed E-state index contributed by atoms with van der Waals surface area (Å²) in [5.74, 6) is 3.60. The van der Waals surface area contributed by atoms with Crippen LogP contribution in [-0.2, 0) is 0 Å². The maximum Gasteiger partial charge on any atom is 0.203 e. The molecule has 158 valence electrons. The average Bonchev–Trinajstić information content (AvgIpc) is 2.76. The molecule has 0 amide bonds. The Bertz CT molecular complexity index is 801. The molecule has 2 rings (SSSR count). The number of benzene rings is 2. The molecule has 0 saturated carbocycles. The number of nitrogens with zero attached hydrogens (tertiary/aromatic N) is 1. The zero-order valence-corrected chi connectivity index (χ0v) is 17.7. The normalized spacial score (nSPS) is 12.0. The van der Waals surface area contributed by atoms with Gasteiger partial charge in [-0.25, -0.2) is 0 Å². The van der Waals surface area contributed by atoms with E-state index in [1.54, 1.807) is 35.5 Å². The van der Waals surface area contributed by atoms with Crippen LogP contribution in [-0.4, -0.2) is 54.1 Å². The monoisotopic (exact) mass is 403 g/mol. The lowest BCUT2D eigenvalue weighted by molar-refractivity contribution is 0.214. The van der Waals surface area contributed by atoms with Gasteiger partial charge in [-0.3, -0.25) is 4.99 Å². The van der Waals surface area contributed by atoms with Crippen molar-refractivity contribution in [3.63, 3.8) is 0 Å². The SMILES string of the molecule is CN=C(NCC(C)Oc1ccccc1OC)Nc1cc(OC)c(OC)c(OC)c1. The van der Waals surface area contributed by atoms with Gasteiger partial charge in [0.05, 0.1) is 35.0 Å². The van der Waals surface area contributed by atoms with E-state index in [1.807, 2.05) is 43.3 Å². The second-order valence-corrected chi connectivity index (χ2v) is 6.07. The summed E-state index contributed by atoms with van der Waals surface area (Å²) >= 11 is 0. The van der Waals surface area contributed by atoms with Crippen LogP contribution in [0.25, 0.3) is 0 Å². The first-order valence-electron chi connectivity index (χ1n) is 9.13. The van der Waals surface area contributed by atoms with Crippen molar-refractivity contribution in [2.75, 3.05) is 47.3 Å². The van der Waals surface area contributed by atoms with E-state index >= 15 is 0 Å². The topological polar surface area (TPSA) is 82.6 Å². The molecule has 29 heavy (non-hydrogen) atoms. The van der Waals surface area contributed by atoms with Crippen molar-refractivity contribution < 1.29 is 23.7 Å². The molecule has 2 aromatic rings. The number of rotatable bonds is 9. The van der Waals surface area contributed by atoms with E-state index in [0.29, 0.717) is 41.3 Å². The highest BCUT2D eigenvalue weighted by molar-refractivity contribution is 5.94. The van der Waals surface area contributed by atoms with Gasteiger partial charge < -0.3 is 34.3 Å². The summed E-state index contributed by atoms with van der Waals surface area (Å²) in [6.45, 7) is 2.49. The Hall–Kier alpha value is -3.29. The van der Waals surface area contributed by atoms with Crippen molar-refractivity contribution in [1.29, 1.82) is 0 Å². The van der Waals surface area contributed by atoms with Crippen molar-refractivity contribution >= 4 is 11.6 Å². The molecular weight excluding hydrogens is 374 g/mol. The van der Waals surface area contributed by atoms with Gasteiger partial charge in [-0.05, 0) is 19.1 Å². The number of ether oxygens (including phenoxy) is 5. The summed E-state index contributed by atoms with van der Waals surface area (Å²) in [5, 5.41) is 6.45. The summed E-state index contributed by atoms with van der Waals surface area (Å²) in [5.41, 5.74) is 0.742. The predicted octanol–water partition coefficient (Wildman–Crippen LogP) is 3.18. The third-order valence-corrected chi connectivity index (χ3v) is 4.11. The highest BCUT2D eigenvalue weighted by Crippen LogP contribution is 2.39. The molecule has 0 aliphatic heterocycles. The minimum atomic E-state index is -0.121. The Morgan fingerprint density at radius 2 is 1.48 bits per heavy atom. The van der Waals surface area contributed by atoms with E-state index in [9.17, 15) is 0 Å². The summed E-state index contributed by atoms with van der Waals surface area (Å²) in [4.78, 5) is 4.25. The highest BCUT2D eigenvalue weighted by Gasteiger charge is 2.14. The van der Waals surface area contributed by atoms with Gasteiger partial charge in [0.2, 0.25) is 5.75 Å². The minimum Gasteiger partial charge on any atom is -0.493 e. The Morgan fingerprint density at radius 1 is 0.897 bits per heavy atom. The number of aliphatic imine (C=N–C) groups is 1. The van der Waals surface area contributed by atoms with Gasteiger partial charge in [-0.2, -0.15) is 0 Å². The second kappa shape index (κ2) is 10.9. The molecule has 0 radical (unpaired) electrons. The molecule has 8 nitrogen and oxygen atoms in total. The van der Waals surface area contributed by atoms with Gasteiger partial charge >= 0.3 is 0 Å². The fraction of sp³-hybridized carbons (Fsp3) is 0.381. The van der Waals surface area contributed by atoms with Gasteiger partial charge in [0.25, 0.3) is 0 Å². The van der Waals surface area contributed by atoms with Crippen LogP contribution in [0, 0.1) is 0 Å². The van der Waals surface area contributed by atoms with E-state index in [4.69, 9.17) is 23.7 Å². The number of hydrogen-bond acceptors (Lipinski definition) is 6. The molecule has 0 aromatic heterocycles. The lowest BCUT2D eigenvalue weighted by Gasteiger charge is -2.20. The maximum absolute atomic E-state index is 5.96. The van der Waals surface area contributed by atoms with Gasteiger partial charge in [0.15, 0.2) is 29.0 Å². The van der Waals surface area contributed by atoms with Crippen LogP contribution in [0.2, 0.25) is 0 Å². The Balaban J connectivity index is 2.02. The zero-order valence-electron chi connectivity index (χ0n) is 17.7. The first kappa shape index (κ1) is 22.0. The Labute approximate surface area is 171 Å². The van der Waals surface area contributed by atoms with Crippen LogP contribution in [0.3, 0.4) is 0 Å². The highest BCUT2D eigenvalue weighted by atomic mass is 16.5. The van der Waals surface area contributed by atoms with E-state index in [0.717, 1.165) is 5.69 Å². The van der Waals surface area contributed by atoms with Crippen LogP contribution >= 0.6 is 0 Å². The average molecular weight is 403 g/mol. The minimum absolute atomic E-state index is 0.121. The third-order valence-electron chi connectivity index (χ3n) is 4.11. The summed E-state index contributed by atoms with van der Waals surface area (Å²) in [6.07, 6.45) is -0.121. The van der Waals surface area contributed by atoms with Crippen LogP contribution in [0.1, 0.15) is 6.92 Å². The molecular formula is C21H29N3O5. The molecule has 1 atom stereocenters. The first-order chi connectivity index (χ1) is 14.1. The Kier molecular flexibility index (Phi) is 8.27. The summed E-state index contributed by atoms with van der Waals surface area (Å²) in [6, 6.07) is 11.2. The van der Waals surface area contributed by atoms with Crippen molar-refractivity contribution in [3.8, 4) is 28.7 Å². The predicted molar refractivity (Wildman–Crippen MR) is 114 cm³/mol. The standard InChI is InChI=1S/C21H29N3O5/c1-14(29-17-10-8-7-9-16(17)25-3)13-23-21(22-2)24-15-11-18(26-4)20(28-6)19(12-15)27-5/h7-12,14H,13H2,1-6H3,(H2,22,23,24). The third kappa shape index (κ3) is 5.84.